The van der Waals surface area contributed by atoms with Crippen LogP contribution in [0.1, 0.15) is 25.0 Å². The van der Waals surface area contributed by atoms with Crippen LogP contribution < -0.4 is 14.8 Å². The number of pyridine rings is 1. The van der Waals surface area contributed by atoms with Crippen molar-refractivity contribution in [2.75, 3.05) is 6.61 Å². The molecule has 4 heterocycles. The molecule has 0 spiro atoms. The van der Waals surface area contributed by atoms with Crippen LogP contribution >= 0.6 is 11.3 Å². The SMILES string of the molecule is Cc1cc(-c2nn(-c3ccccc3)cc2/C=c2\sc3nc(-c4cccnc4)nn3c2=O)ccc1OCC(C)C. The zero-order valence-corrected chi connectivity index (χ0v) is 22.6. The zero-order chi connectivity index (χ0) is 26.9. The van der Waals surface area contributed by atoms with Crippen LogP contribution in [0.5, 0.6) is 5.75 Å². The highest BCUT2D eigenvalue weighted by Gasteiger charge is 2.16. The minimum Gasteiger partial charge on any atom is -0.493 e. The summed E-state index contributed by atoms with van der Waals surface area (Å²) in [5.41, 5.74) is 5.04. The van der Waals surface area contributed by atoms with Crippen molar-refractivity contribution in [3.05, 3.63) is 105 Å². The van der Waals surface area contributed by atoms with Crippen molar-refractivity contribution in [3.8, 4) is 34.1 Å². The molecule has 2 aromatic carbocycles. The fraction of sp³-hybridized carbons (Fsp3) is 0.167. The maximum Gasteiger partial charge on any atom is 0.291 e. The van der Waals surface area contributed by atoms with Crippen molar-refractivity contribution in [3.63, 3.8) is 0 Å². The van der Waals surface area contributed by atoms with E-state index in [1.165, 1.54) is 15.9 Å². The highest BCUT2D eigenvalue weighted by atomic mass is 32.1. The van der Waals surface area contributed by atoms with Gasteiger partial charge in [0.1, 0.15) is 11.4 Å². The molecule has 0 aliphatic rings. The molecule has 0 saturated heterocycles. The molecule has 8 nitrogen and oxygen atoms in total. The van der Waals surface area contributed by atoms with Gasteiger partial charge < -0.3 is 4.74 Å². The summed E-state index contributed by atoms with van der Waals surface area (Å²) in [6.45, 7) is 6.95. The number of hydrogen-bond acceptors (Lipinski definition) is 7. The molecule has 0 saturated carbocycles. The van der Waals surface area contributed by atoms with Crippen LogP contribution in [0.15, 0.2) is 84.0 Å². The summed E-state index contributed by atoms with van der Waals surface area (Å²) in [5, 5.41) is 9.36. The van der Waals surface area contributed by atoms with Crippen LogP contribution in [-0.4, -0.2) is 36.0 Å². The Labute approximate surface area is 228 Å². The van der Waals surface area contributed by atoms with Gasteiger partial charge in [0.2, 0.25) is 4.96 Å². The summed E-state index contributed by atoms with van der Waals surface area (Å²) in [5.74, 6) is 1.78. The number of fused-ring (bicyclic) bond motifs is 1. The lowest BCUT2D eigenvalue weighted by atomic mass is 10.0. The fourth-order valence-corrected chi connectivity index (χ4v) is 5.14. The third kappa shape index (κ3) is 4.96. The summed E-state index contributed by atoms with van der Waals surface area (Å²) in [6.07, 6.45) is 7.18. The normalized spacial score (nSPS) is 12.1. The quantitative estimate of drug-likeness (QED) is 0.288. The zero-order valence-electron chi connectivity index (χ0n) is 21.8. The molecule has 0 bridgehead atoms. The Hall–Kier alpha value is -4.63. The van der Waals surface area contributed by atoms with Crippen LogP contribution in [0.2, 0.25) is 0 Å². The maximum atomic E-state index is 13.3. The molecule has 6 aromatic rings. The third-order valence-electron chi connectivity index (χ3n) is 6.17. The number of para-hydroxylation sites is 1. The minimum absolute atomic E-state index is 0.218. The molecule has 9 heteroatoms. The molecule has 0 N–H and O–H groups in total. The molecule has 0 unspecified atom stereocenters. The van der Waals surface area contributed by atoms with Gasteiger partial charge in [-0.05, 0) is 66.9 Å². The first-order valence-corrected chi connectivity index (χ1v) is 13.5. The smallest absolute Gasteiger partial charge is 0.291 e. The third-order valence-corrected chi connectivity index (χ3v) is 7.13. The van der Waals surface area contributed by atoms with E-state index in [0.29, 0.717) is 27.8 Å². The summed E-state index contributed by atoms with van der Waals surface area (Å²) < 4.78 is 9.70. The van der Waals surface area contributed by atoms with Gasteiger partial charge in [0.05, 0.1) is 16.8 Å². The molecular formula is C30H26N6O2S. The standard InChI is InChI=1S/C30H26N6O2S/c1-19(2)18-38-25-12-11-21(14-20(25)3)27-23(17-35(33-27)24-9-5-4-6-10-24)15-26-29(37)36-30(39-26)32-28(34-36)22-8-7-13-31-16-22/h4-17,19H,18H2,1-3H3/b26-15-. The fourth-order valence-electron chi connectivity index (χ4n) is 4.24. The first kappa shape index (κ1) is 24.7. The molecule has 4 aromatic heterocycles. The highest BCUT2D eigenvalue weighted by molar-refractivity contribution is 7.15. The number of thiazole rings is 1. The number of aromatic nitrogens is 6. The van der Waals surface area contributed by atoms with Crippen molar-refractivity contribution in [2.24, 2.45) is 5.92 Å². The second kappa shape index (κ2) is 10.3. The summed E-state index contributed by atoms with van der Waals surface area (Å²) >= 11 is 1.30. The number of rotatable bonds is 7. The largest absolute Gasteiger partial charge is 0.493 e. The topological polar surface area (TPSA) is 87.2 Å². The number of aryl methyl sites for hydroxylation is 1. The second-order valence-corrected chi connectivity index (χ2v) is 10.7. The minimum atomic E-state index is -0.218. The average molecular weight is 535 g/mol. The Balaban J connectivity index is 1.45. The van der Waals surface area contributed by atoms with Gasteiger partial charge in [0.25, 0.3) is 5.56 Å². The van der Waals surface area contributed by atoms with E-state index in [4.69, 9.17) is 9.84 Å². The van der Waals surface area contributed by atoms with Gasteiger partial charge >= 0.3 is 0 Å². The van der Waals surface area contributed by atoms with Crippen LogP contribution in [0.3, 0.4) is 0 Å². The first-order chi connectivity index (χ1) is 19.0. The maximum absolute atomic E-state index is 13.3. The molecule has 0 fully saturated rings. The van der Waals surface area contributed by atoms with Gasteiger partial charge in [-0.15, -0.1) is 5.10 Å². The Kier molecular flexibility index (Phi) is 6.50. The van der Waals surface area contributed by atoms with Crippen molar-refractivity contribution in [1.82, 2.24) is 29.4 Å². The van der Waals surface area contributed by atoms with E-state index in [0.717, 1.165) is 39.4 Å². The molecule has 0 amide bonds. The molecular weight excluding hydrogens is 508 g/mol. The number of benzene rings is 2. The van der Waals surface area contributed by atoms with Crippen molar-refractivity contribution in [2.45, 2.75) is 20.8 Å². The predicted molar refractivity (Wildman–Crippen MR) is 153 cm³/mol. The van der Waals surface area contributed by atoms with Crippen LogP contribution in [0.4, 0.5) is 0 Å². The van der Waals surface area contributed by atoms with Crippen LogP contribution in [0, 0.1) is 12.8 Å². The van der Waals surface area contributed by atoms with E-state index in [1.807, 2.05) is 78.5 Å². The van der Waals surface area contributed by atoms with E-state index in [2.05, 4.69) is 35.0 Å². The molecule has 39 heavy (non-hydrogen) atoms. The van der Waals surface area contributed by atoms with Gasteiger partial charge in [0.15, 0.2) is 5.82 Å². The lowest BCUT2D eigenvalue weighted by molar-refractivity contribution is 0.269. The van der Waals surface area contributed by atoms with E-state index in [9.17, 15) is 4.79 Å². The first-order valence-electron chi connectivity index (χ1n) is 12.7. The molecule has 194 valence electrons. The van der Waals surface area contributed by atoms with Gasteiger partial charge in [-0.2, -0.15) is 14.6 Å². The Bertz CT molecular complexity index is 1870. The van der Waals surface area contributed by atoms with Gasteiger partial charge in [0, 0.05) is 35.3 Å². The molecule has 0 aliphatic carbocycles. The van der Waals surface area contributed by atoms with Gasteiger partial charge in [-0.3, -0.25) is 9.78 Å². The van der Waals surface area contributed by atoms with E-state index in [1.54, 1.807) is 12.4 Å². The van der Waals surface area contributed by atoms with Crippen molar-refractivity contribution >= 4 is 22.4 Å². The second-order valence-electron chi connectivity index (χ2n) is 9.69. The molecule has 6 rings (SSSR count). The number of hydrogen-bond donors (Lipinski definition) is 0. The van der Waals surface area contributed by atoms with Crippen LogP contribution in [-0.2, 0) is 0 Å². The molecule has 0 radical (unpaired) electrons. The van der Waals surface area contributed by atoms with Crippen molar-refractivity contribution in [1.29, 1.82) is 0 Å². The summed E-state index contributed by atoms with van der Waals surface area (Å²) in [7, 11) is 0. The Morgan fingerprint density at radius 1 is 1.03 bits per heavy atom. The molecule has 0 atom stereocenters. The Morgan fingerprint density at radius 2 is 1.87 bits per heavy atom. The predicted octanol–water partition coefficient (Wildman–Crippen LogP) is 4.96. The number of ether oxygens (including phenoxy) is 1. The monoisotopic (exact) mass is 534 g/mol. The van der Waals surface area contributed by atoms with Gasteiger partial charge in [-0.25, -0.2) is 4.68 Å². The van der Waals surface area contributed by atoms with E-state index in [-0.39, 0.29) is 5.56 Å². The van der Waals surface area contributed by atoms with Crippen LogP contribution in [0.25, 0.3) is 39.4 Å². The summed E-state index contributed by atoms with van der Waals surface area (Å²) in [4.78, 5) is 22.5. The lowest BCUT2D eigenvalue weighted by Gasteiger charge is -2.12. The van der Waals surface area contributed by atoms with E-state index < -0.39 is 0 Å². The van der Waals surface area contributed by atoms with Gasteiger partial charge in [-0.1, -0.05) is 43.4 Å². The molecule has 0 aliphatic heterocycles. The Morgan fingerprint density at radius 3 is 2.59 bits per heavy atom. The summed E-state index contributed by atoms with van der Waals surface area (Å²) in [6, 6.07) is 19.7. The lowest BCUT2D eigenvalue weighted by Crippen LogP contribution is -2.23. The van der Waals surface area contributed by atoms with E-state index >= 15 is 0 Å². The average Bonchev–Trinajstić information content (AvgIpc) is 3.64. The number of nitrogens with zero attached hydrogens (tertiary/aromatic N) is 6. The van der Waals surface area contributed by atoms with Crippen molar-refractivity contribution < 1.29 is 4.74 Å². The highest BCUT2D eigenvalue weighted by Crippen LogP contribution is 2.29.